The van der Waals surface area contributed by atoms with E-state index in [0.717, 1.165) is 18.5 Å². The van der Waals surface area contributed by atoms with Gasteiger partial charge >= 0.3 is 0 Å². The first-order chi connectivity index (χ1) is 8.63. The third-order valence-electron chi connectivity index (χ3n) is 2.96. The van der Waals surface area contributed by atoms with Gasteiger partial charge in [0.05, 0.1) is 17.6 Å². The van der Waals surface area contributed by atoms with E-state index in [9.17, 15) is 4.79 Å². The molecule has 0 saturated carbocycles. The van der Waals surface area contributed by atoms with Gasteiger partial charge in [-0.05, 0) is 24.6 Å². The minimum absolute atomic E-state index is 0.00874. The number of carbonyl (C=O) groups is 1. The first-order valence-electron chi connectivity index (χ1n) is 6.11. The Morgan fingerprint density at radius 1 is 1.56 bits per heavy atom. The number of nitrogens with two attached hydrogens (primary N) is 1. The van der Waals surface area contributed by atoms with E-state index >= 15 is 0 Å². The summed E-state index contributed by atoms with van der Waals surface area (Å²) in [7, 11) is 1.72. The van der Waals surface area contributed by atoms with Crippen molar-refractivity contribution in [2.24, 2.45) is 11.7 Å². The maximum absolute atomic E-state index is 12.2. The lowest BCUT2D eigenvalue weighted by Crippen LogP contribution is -2.36. The standard InChI is InChI=1S/C14H19N3O/c1-3-5-12(10-16)14(18)17(2)13-7-4-6-11(8-13)9-15/h4,6-8,12H,3,5,10,16H2,1-2H3. The maximum atomic E-state index is 12.2. The Hall–Kier alpha value is -1.86. The second kappa shape index (κ2) is 6.77. The molecule has 18 heavy (non-hydrogen) atoms. The van der Waals surface area contributed by atoms with Crippen molar-refractivity contribution in [3.63, 3.8) is 0 Å². The number of amides is 1. The normalized spacial score (nSPS) is 11.7. The minimum Gasteiger partial charge on any atom is -0.330 e. The predicted molar refractivity (Wildman–Crippen MR) is 72.0 cm³/mol. The lowest BCUT2D eigenvalue weighted by molar-refractivity contribution is -0.122. The van der Waals surface area contributed by atoms with E-state index in [1.165, 1.54) is 0 Å². The van der Waals surface area contributed by atoms with Crippen LogP contribution in [0.25, 0.3) is 0 Å². The molecule has 1 atom stereocenters. The lowest BCUT2D eigenvalue weighted by atomic mass is 10.0. The van der Waals surface area contributed by atoms with Crippen molar-refractivity contribution in [1.82, 2.24) is 0 Å². The quantitative estimate of drug-likeness (QED) is 0.861. The Morgan fingerprint density at radius 2 is 2.28 bits per heavy atom. The molecule has 1 aromatic carbocycles. The molecular weight excluding hydrogens is 226 g/mol. The van der Waals surface area contributed by atoms with Gasteiger partial charge < -0.3 is 10.6 Å². The third-order valence-corrected chi connectivity index (χ3v) is 2.96. The van der Waals surface area contributed by atoms with E-state index in [1.807, 2.05) is 13.0 Å². The molecule has 0 saturated heterocycles. The van der Waals surface area contributed by atoms with Gasteiger partial charge in [-0.1, -0.05) is 19.4 Å². The fraction of sp³-hybridized carbons (Fsp3) is 0.429. The van der Waals surface area contributed by atoms with Gasteiger partial charge in [-0.3, -0.25) is 4.79 Å². The highest BCUT2D eigenvalue weighted by Gasteiger charge is 2.20. The van der Waals surface area contributed by atoms with Gasteiger partial charge in [-0.2, -0.15) is 5.26 Å². The van der Waals surface area contributed by atoms with Crippen LogP contribution in [0.2, 0.25) is 0 Å². The molecule has 0 radical (unpaired) electrons. The molecule has 0 aliphatic carbocycles. The van der Waals surface area contributed by atoms with Crippen LogP contribution >= 0.6 is 0 Å². The van der Waals surface area contributed by atoms with E-state index in [4.69, 9.17) is 11.0 Å². The van der Waals surface area contributed by atoms with Crippen LogP contribution in [0.15, 0.2) is 24.3 Å². The van der Waals surface area contributed by atoms with Crippen LogP contribution in [-0.4, -0.2) is 19.5 Å². The molecular formula is C14H19N3O. The number of carbonyl (C=O) groups excluding carboxylic acids is 1. The van der Waals surface area contributed by atoms with Crippen molar-refractivity contribution < 1.29 is 4.79 Å². The van der Waals surface area contributed by atoms with Crippen molar-refractivity contribution in [3.8, 4) is 6.07 Å². The highest BCUT2D eigenvalue weighted by Crippen LogP contribution is 2.18. The van der Waals surface area contributed by atoms with Gasteiger partial charge in [0.15, 0.2) is 0 Å². The summed E-state index contributed by atoms with van der Waals surface area (Å²) >= 11 is 0. The van der Waals surface area contributed by atoms with E-state index in [-0.39, 0.29) is 11.8 Å². The molecule has 1 rings (SSSR count). The van der Waals surface area contributed by atoms with E-state index < -0.39 is 0 Å². The summed E-state index contributed by atoms with van der Waals surface area (Å²) in [4.78, 5) is 13.8. The second-order valence-electron chi connectivity index (χ2n) is 4.28. The van der Waals surface area contributed by atoms with Crippen molar-refractivity contribution in [3.05, 3.63) is 29.8 Å². The number of rotatable bonds is 5. The van der Waals surface area contributed by atoms with Crippen LogP contribution in [-0.2, 0) is 4.79 Å². The molecule has 0 fully saturated rings. The second-order valence-corrected chi connectivity index (χ2v) is 4.28. The zero-order valence-electron chi connectivity index (χ0n) is 10.9. The van der Waals surface area contributed by atoms with E-state index in [0.29, 0.717) is 12.1 Å². The smallest absolute Gasteiger partial charge is 0.231 e. The molecule has 0 aliphatic rings. The number of nitrogens with zero attached hydrogens (tertiary/aromatic N) is 2. The van der Waals surface area contributed by atoms with Gasteiger partial charge in [-0.15, -0.1) is 0 Å². The van der Waals surface area contributed by atoms with Gasteiger partial charge in [0.25, 0.3) is 0 Å². The molecule has 4 nitrogen and oxygen atoms in total. The van der Waals surface area contributed by atoms with Crippen molar-refractivity contribution in [1.29, 1.82) is 5.26 Å². The Kier molecular flexibility index (Phi) is 5.34. The summed E-state index contributed by atoms with van der Waals surface area (Å²) in [6.45, 7) is 2.39. The van der Waals surface area contributed by atoms with E-state index in [2.05, 4.69) is 6.07 Å². The molecule has 0 bridgehead atoms. The van der Waals surface area contributed by atoms with Gasteiger partial charge in [0.2, 0.25) is 5.91 Å². The number of anilines is 1. The highest BCUT2D eigenvalue weighted by molar-refractivity contribution is 5.94. The highest BCUT2D eigenvalue weighted by atomic mass is 16.2. The lowest BCUT2D eigenvalue weighted by Gasteiger charge is -2.22. The average molecular weight is 245 g/mol. The summed E-state index contributed by atoms with van der Waals surface area (Å²) in [5, 5.41) is 8.85. The summed E-state index contributed by atoms with van der Waals surface area (Å²) < 4.78 is 0. The zero-order chi connectivity index (χ0) is 13.5. The van der Waals surface area contributed by atoms with Crippen molar-refractivity contribution in [2.45, 2.75) is 19.8 Å². The molecule has 0 aromatic heterocycles. The first kappa shape index (κ1) is 14.2. The van der Waals surface area contributed by atoms with Crippen LogP contribution in [0.4, 0.5) is 5.69 Å². The monoisotopic (exact) mass is 245 g/mol. The SMILES string of the molecule is CCCC(CN)C(=O)N(C)c1cccc(C#N)c1. The van der Waals surface area contributed by atoms with Crippen LogP contribution in [0, 0.1) is 17.2 Å². The van der Waals surface area contributed by atoms with Crippen molar-refractivity contribution in [2.75, 3.05) is 18.5 Å². The Labute approximate surface area is 108 Å². The summed E-state index contributed by atoms with van der Waals surface area (Å²) in [6, 6.07) is 9.08. The Morgan fingerprint density at radius 3 is 2.83 bits per heavy atom. The van der Waals surface area contributed by atoms with Crippen LogP contribution in [0.5, 0.6) is 0 Å². The molecule has 1 aromatic rings. The molecule has 1 unspecified atom stereocenters. The largest absolute Gasteiger partial charge is 0.330 e. The Bertz CT molecular complexity index is 451. The molecule has 0 aliphatic heterocycles. The van der Waals surface area contributed by atoms with Crippen molar-refractivity contribution >= 4 is 11.6 Å². The van der Waals surface area contributed by atoms with Gasteiger partial charge in [0.1, 0.15) is 0 Å². The van der Waals surface area contributed by atoms with E-state index in [1.54, 1.807) is 30.1 Å². The topological polar surface area (TPSA) is 70.1 Å². The van der Waals surface area contributed by atoms with Gasteiger partial charge in [-0.25, -0.2) is 0 Å². The predicted octanol–water partition coefficient (Wildman–Crippen LogP) is 1.90. The third kappa shape index (κ3) is 3.31. The van der Waals surface area contributed by atoms with Gasteiger partial charge in [0, 0.05) is 19.3 Å². The zero-order valence-corrected chi connectivity index (χ0v) is 10.9. The Balaban J connectivity index is 2.88. The summed E-state index contributed by atoms with van der Waals surface area (Å²) in [5.41, 5.74) is 6.91. The molecule has 96 valence electrons. The summed E-state index contributed by atoms with van der Waals surface area (Å²) in [6.07, 6.45) is 1.72. The molecule has 0 heterocycles. The first-order valence-corrected chi connectivity index (χ1v) is 6.11. The summed E-state index contributed by atoms with van der Waals surface area (Å²) in [5.74, 6) is -0.139. The number of hydrogen-bond acceptors (Lipinski definition) is 3. The average Bonchev–Trinajstić information content (AvgIpc) is 2.43. The van der Waals surface area contributed by atoms with Crippen LogP contribution < -0.4 is 10.6 Å². The number of hydrogen-bond donors (Lipinski definition) is 1. The fourth-order valence-corrected chi connectivity index (χ4v) is 1.88. The minimum atomic E-state index is -0.147. The number of benzene rings is 1. The number of nitriles is 1. The molecule has 4 heteroatoms. The van der Waals surface area contributed by atoms with Crippen LogP contribution in [0.1, 0.15) is 25.3 Å². The molecule has 2 N–H and O–H groups in total. The fourth-order valence-electron chi connectivity index (χ4n) is 1.88. The maximum Gasteiger partial charge on any atom is 0.231 e. The molecule has 1 amide bonds. The van der Waals surface area contributed by atoms with Crippen LogP contribution in [0.3, 0.4) is 0 Å². The molecule has 0 spiro atoms.